The summed E-state index contributed by atoms with van der Waals surface area (Å²) < 4.78 is 2.03. The van der Waals surface area contributed by atoms with Gasteiger partial charge in [-0.1, -0.05) is 18.2 Å². The van der Waals surface area contributed by atoms with E-state index in [1.807, 2.05) is 17.7 Å². The van der Waals surface area contributed by atoms with Crippen molar-refractivity contribution in [1.29, 1.82) is 0 Å². The standard InChI is InChI=1S/C12H14N2S/c1-10-8-11(2)14(13-10)9-15-12-6-4-3-5-7-12/h3-8H,9H2,1-2H3. The Kier molecular flexibility index (Phi) is 3.11. The van der Waals surface area contributed by atoms with Gasteiger partial charge in [0.2, 0.25) is 0 Å². The van der Waals surface area contributed by atoms with Crippen molar-refractivity contribution >= 4 is 11.8 Å². The molecule has 0 aliphatic heterocycles. The monoisotopic (exact) mass is 218 g/mol. The molecule has 0 amide bonds. The lowest BCUT2D eigenvalue weighted by Crippen LogP contribution is -1.99. The summed E-state index contributed by atoms with van der Waals surface area (Å²) in [4.78, 5) is 1.28. The fourth-order valence-corrected chi connectivity index (χ4v) is 2.34. The Labute approximate surface area is 94.3 Å². The Morgan fingerprint density at radius 2 is 1.93 bits per heavy atom. The quantitative estimate of drug-likeness (QED) is 0.736. The van der Waals surface area contributed by atoms with Crippen LogP contribution in [0.5, 0.6) is 0 Å². The van der Waals surface area contributed by atoms with Gasteiger partial charge in [-0.25, -0.2) is 0 Å². The maximum Gasteiger partial charge on any atom is 0.0912 e. The van der Waals surface area contributed by atoms with Gasteiger partial charge in [0.15, 0.2) is 0 Å². The average molecular weight is 218 g/mol. The second-order valence-electron chi connectivity index (χ2n) is 3.51. The molecule has 0 saturated heterocycles. The largest absolute Gasteiger partial charge is 0.259 e. The summed E-state index contributed by atoms with van der Waals surface area (Å²) in [5.74, 6) is 0.879. The summed E-state index contributed by atoms with van der Waals surface area (Å²) >= 11 is 1.80. The molecule has 3 heteroatoms. The first-order valence-corrected chi connectivity index (χ1v) is 5.93. The van der Waals surface area contributed by atoms with E-state index in [9.17, 15) is 0 Å². The minimum Gasteiger partial charge on any atom is -0.259 e. The van der Waals surface area contributed by atoms with Crippen molar-refractivity contribution < 1.29 is 0 Å². The van der Waals surface area contributed by atoms with E-state index in [0.29, 0.717) is 0 Å². The number of hydrogen-bond donors (Lipinski definition) is 0. The first-order chi connectivity index (χ1) is 7.25. The summed E-state index contributed by atoms with van der Waals surface area (Å²) in [6.07, 6.45) is 0. The van der Waals surface area contributed by atoms with Crippen LogP contribution in [0, 0.1) is 13.8 Å². The van der Waals surface area contributed by atoms with Crippen LogP contribution in [0.4, 0.5) is 0 Å². The number of nitrogens with zero attached hydrogens (tertiary/aromatic N) is 2. The minimum absolute atomic E-state index is 0.879. The molecule has 0 N–H and O–H groups in total. The first-order valence-electron chi connectivity index (χ1n) is 4.94. The van der Waals surface area contributed by atoms with Gasteiger partial charge in [-0.05, 0) is 32.0 Å². The normalized spacial score (nSPS) is 10.5. The van der Waals surface area contributed by atoms with Crippen molar-refractivity contribution in [3.63, 3.8) is 0 Å². The fourth-order valence-electron chi connectivity index (χ4n) is 1.46. The zero-order valence-electron chi connectivity index (χ0n) is 8.97. The predicted octanol–water partition coefficient (Wildman–Crippen LogP) is 3.25. The Bertz CT molecular complexity index is 434. The highest BCUT2D eigenvalue weighted by atomic mass is 32.2. The number of rotatable bonds is 3. The third kappa shape index (κ3) is 2.63. The summed E-state index contributed by atoms with van der Waals surface area (Å²) in [7, 11) is 0. The zero-order chi connectivity index (χ0) is 10.7. The van der Waals surface area contributed by atoms with E-state index < -0.39 is 0 Å². The summed E-state index contributed by atoms with van der Waals surface area (Å²) in [6, 6.07) is 12.5. The molecule has 0 saturated carbocycles. The first kappa shape index (κ1) is 10.3. The molecule has 0 fully saturated rings. The van der Waals surface area contributed by atoms with E-state index >= 15 is 0 Å². The van der Waals surface area contributed by atoms with E-state index in [-0.39, 0.29) is 0 Å². The van der Waals surface area contributed by atoms with Crippen molar-refractivity contribution in [3.8, 4) is 0 Å². The predicted molar refractivity (Wildman–Crippen MR) is 64.0 cm³/mol. The number of aromatic nitrogens is 2. The van der Waals surface area contributed by atoms with Gasteiger partial charge in [0.05, 0.1) is 11.6 Å². The van der Waals surface area contributed by atoms with Crippen molar-refractivity contribution in [2.24, 2.45) is 0 Å². The van der Waals surface area contributed by atoms with Crippen molar-refractivity contribution in [2.75, 3.05) is 0 Å². The third-order valence-corrected chi connectivity index (χ3v) is 3.18. The molecule has 0 aliphatic carbocycles. The number of aryl methyl sites for hydroxylation is 2. The van der Waals surface area contributed by atoms with Crippen LogP contribution in [0.2, 0.25) is 0 Å². The molecule has 0 radical (unpaired) electrons. The van der Waals surface area contributed by atoms with Crippen LogP contribution in [0.25, 0.3) is 0 Å². The Hall–Kier alpha value is -1.22. The molecule has 1 aromatic carbocycles. The van der Waals surface area contributed by atoms with Gasteiger partial charge >= 0.3 is 0 Å². The fraction of sp³-hybridized carbons (Fsp3) is 0.250. The van der Waals surface area contributed by atoms with Gasteiger partial charge in [0.1, 0.15) is 0 Å². The van der Waals surface area contributed by atoms with Crippen LogP contribution in [0.15, 0.2) is 41.3 Å². The Balaban J connectivity index is 2.02. The van der Waals surface area contributed by atoms with E-state index in [1.165, 1.54) is 10.6 Å². The molecule has 2 aromatic rings. The average Bonchev–Trinajstić information content (AvgIpc) is 2.56. The molecule has 78 valence electrons. The number of hydrogen-bond acceptors (Lipinski definition) is 2. The van der Waals surface area contributed by atoms with E-state index in [2.05, 4.69) is 42.4 Å². The van der Waals surface area contributed by atoms with E-state index in [1.54, 1.807) is 11.8 Å². The molecular formula is C12H14N2S. The lowest BCUT2D eigenvalue weighted by Gasteiger charge is -2.03. The zero-order valence-corrected chi connectivity index (χ0v) is 9.79. The van der Waals surface area contributed by atoms with Gasteiger partial charge < -0.3 is 0 Å². The van der Waals surface area contributed by atoms with Crippen LogP contribution in [-0.2, 0) is 5.88 Å². The van der Waals surface area contributed by atoms with Crippen LogP contribution in [0.1, 0.15) is 11.4 Å². The number of thioether (sulfide) groups is 1. The van der Waals surface area contributed by atoms with E-state index in [0.717, 1.165) is 11.6 Å². The summed E-state index contributed by atoms with van der Waals surface area (Å²) in [5, 5.41) is 4.42. The highest BCUT2D eigenvalue weighted by molar-refractivity contribution is 7.98. The van der Waals surface area contributed by atoms with Gasteiger partial charge in [-0.3, -0.25) is 4.68 Å². The van der Waals surface area contributed by atoms with Crippen molar-refractivity contribution in [1.82, 2.24) is 9.78 Å². The minimum atomic E-state index is 0.879. The molecule has 15 heavy (non-hydrogen) atoms. The molecule has 0 unspecified atom stereocenters. The smallest absolute Gasteiger partial charge is 0.0912 e. The lowest BCUT2D eigenvalue weighted by atomic mass is 10.4. The Morgan fingerprint density at radius 1 is 1.20 bits per heavy atom. The van der Waals surface area contributed by atoms with Crippen molar-refractivity contribution in [3.05, 3.63) is 47.8 Å². The SMILES string of the molecule is Cc1cc(C)n(CSc2ccccc2)n1. The van der Waals surface area contributed by atoms with Gasteiger partial charge in [0, 0.05) is 10.6 Å². The highest BCUT2D eigenvalue weighted by Gasteiger charge is 2.00. The topological polar surface area (TPSA) is 17.8 Å². The molecule has 0 atom stereocenters. The van der Waals surface area contributed by atoms with Gasteiger partial charge in [-0.2, -0.15) is 5.10 Å². The molecule has 1 aromatic heterocycles. The van der Waals surface area contributed by atoms with Crippen LogP contribution in [-0.4, -0.2) is 9.78 Å². The second kappa shape index (κ2) is 4.53. The maximum absolute atomic E-state index is 4.42. The molecule has 1 heterocycles. The molecule has 0 spiro atoms. The molecular weight excluding hydrogens is 204 g/mol. The van der Waals surface area contributed by atoms with Crippen LogP contribution in [0.3, 0.4) is 0 Å². The highest BCUT2D eigenvalue weighted by Crippen LogP contribution is 2.19. The van der Waals surface area contributed by atoms with E-state index in [4.69, 9.17) is 0 Å². The Morgan fingerprint density at radius 3 is 2.53 bits per heavy atom. The molecule has 0 bridgehead atoms. The van der Waals surface area contributed by atoms with Crippen LogP contribution < -0.4 is 0 Å². The van der Waals surface area contributed by atoms with Crippen molar-refractivity contribution in [2.45, 2.75) is 24.6 Å². The molecule has 0 aliphatic rings. The summed E-state index contributed by atoms with van der Waals surface area (Å²) in [5.41, 5.74) is 2.30. The molecule has 2 nitrogen and oxygen atoms in total. The number of benzene rings is 1. The third-order valence-electron chi connectivity index (χ3n) is 2.20. The summed E-state index contributed by atoms with van der Waals surface area (Å²) in [6.45, 7) is 4.11. The second-order valence-corrected chi connectivity index (χ2v) is 4.53. The van der Waals surface area contributed by atoms with Gasteiger partial charge in [-0.15, -0.1) is 11.8 Å². The molecule has 2 rings (SSSR count). The maximum atomic E-state index is 4.42. The lowest BCUT2D eigenvalue weighted by molar-refractivity contribution is 0.716. The van der Waals surface area contributed by atoms with Crippen LogP contribution >= 0.6 is 11.8 Å². The van der Waals surface area contributed by atoms with Gasteiger partial charge in [0.25, 0.3) is 0 Å².